The van der Waals surface area contributed by atoms with Crippen molar-refractivity contribution >= 4 is 0 Å². The van der Waals surface area contributed by atoms with Crippen LogP contribution < -0.4 is 0 Å². The number of rotatable bonds is 5. The van der Waals surface area contributed by atoms with Crippen LogP contribution in [0, 0.1) is 0 Å². The third-order valence-corrected chi connectivity index (χ3v) is 2.50. The molecule has 1 nitrogen and oxygen atoms in total. The van der Waals surface area contributed by atoms with Crippen LogP contribution >= 0.6 is 0 Å². The van der Waals surface area contributed by atoms with E-state index in [2.05, 4.69) is 19.9 Å². The average Bonchev–Trinajstić information content (AvgIpc) is 2.04. The van der Waals surface area contributed by atoms with Gasteiger partial charge in [-0.1, -0.05) is 25.5 Å². The summed E-state index contributed by atoms with van der Waals surface area (Å²) in [4.78, 5) is 0. The Bertz CT molecular complexity index is 145. The van der Waals surface area contributed by atoms with Gasteiger partial charge < -0.3 is 5.11 Å². The molecule has 1 atom stereocenters. The fraction of sp³-hybridized carbons (Fsp3) is 0.818. The lowest BCUT2D eigenvalue weighted by Crippen LogP contribution is -2.21. The third-order valence-electron chi connectivity index (χ3n) is 2.50. The molecule has 12 heavy (non-hydrogen) atoms. The van der Waals surface area contributed by atoms with Crippen molar-refractivity contribution in [3.63, 3.8) is 0 Å². The van der Waals surface area contributed by atoms with E-state index in [1.165, 1.54) is 5.57 Å². The molecule has 1 unspecified atom stereocenters. The number of aliphatic hydroxyl groups is 1. The van der Waals surface area contributed by atoms with Crippen molar-refractivity contribution < 1.29 is 5.11 Å². The van der Waals surface area contributed by atoms with Crippen molar-refractivity contribution in [1.29, 1.82) is 0 Å². The second kappa shape index (κ2) is 5.36. The first kappa shape index (κ1) is 11.7. The van der Waals surface area contributed by atoms with Gasteiger partial charge in [0, 0.05) is 0 Å². The van der Waals surface area contributed by atoms with Gasteiger partial charge in [0.25, 0.3) is 0 Å². The van der Waals surface area contributed by atoms with Gasteiger partial charge in [-0.05, 0) is 39.5 Å². The molecule has 0 rings (SSSR count). The van der Waals surface area contributed by atoms with Gasteiger partial charge in [-0.2, -0.15) is 0 Å². The molecule has 0 heterocycles. The number of allylic oxidation sites excluding steroid dienone is 2. The zero-order valence-electron chi connectivity index (χ0n) is 8.85. The summed E-state index contributed by atoms with van der Waals surface area (Å²) in [6, 6.07) is 0. The summed E-state index contributed by atoms with van der Waals surface area (Å²) in [5.41, 5.74) is 0.951. The molecule has 0 aliphatic carbocycles. The van der Waals surface area contributed by atoms with Crippen molar-refractivity contribution in [2.75, 3.05) is 0 Å². The van der Waals surface area contributed by atoms with E-state index >= 15 is 0 Å². The molecule has 0 aliphatic heterocycles. The largest absolute Gasteiger partial charge is 0.390 e. The van der Waals surface area contributed by atoms with Crippen molar-refractivity contribution in [3.8, 4) is 0 Å². The van der Waals surface area contributed by atoms with Gasteiger partial charge in [-0.3, -0.25) is 0 Å². The standard InChI is InChI=1S/C11H22O/c1-5-10(3)8-7-9-11(4,12)6-2/h8,12H,5-7,9H2,1-4H3/b10-8+. The van der Waals surface area contributed by atoms with Gasteiger partial charge in [-0.15, -0.1) is 0 Å². The molecule has 0 spiro atoms. The molecule has 1 heteroatoms. The molecule has 1 N–H and O–H groups in total. The molecule has 0 radical (unpaired) electrons. The van der Waals surface area contributed by atoms with Crippen molar-refractivity contribution in [2.45, 2.75) is 59.0 Å². The second-order valence-electron chi connectivity index (χ2n) is 3.79. The maximum absolute atomic E-state index is 9.68. The predicted molar refractivity (Wildman–Crippen MR) is 54.2 cm³/mol. The monoisotopic (exact) mass is 170 g/mol. The Hall–Kier alpha value is -0.300. The molecular formula is C11H22O. The van der Waals surface area contributed by atoms with Crippen LogP contribution in [0.2, 0.25) is 0 Å². The lowest BCUT2D eigenvalue weighted by atomic mass is 9.96. The lowest BCUT2D eigenvalue weighted by Gasteiger charge is -2.19. The van der Waals surface area contributed by atoms with Crippen molar-refractivity contribution in [2.24, 2.45) is 0 Å². The molecule has 0 saturated carbocycles. The molecule has 0 aromatic carbocycles. The highest BCUT2D eigenvalue weighted by Gasteiger charge is 2.15. The maximum Gasteiger partial charge on any atom is 0.0620 e. The quantitative estimate of drug-likeness (QED) is 0.628. The Morgan fingerprint density at radius 2 is 2.00 bits per heavy atom. The van der Waals surface area contributed by atoms with Gasteiger partial charge in [0.1, 0.15) is 0 Å². The smallest absolute Gasteiger partial charge is 0.0620 e. The normalized spacial score (nSPS) is 17.6. The molecular weight excluding hydrogens is 148 g/mol. The Labute approximate surface area is 76.5 Å². The molecule has 0 aliphatic rings. The molecule has 0 amide bonds. The molecule has 0 bridgehead atoms. The van der Waals surface area contributed by atoms with E-state index in [9.17, 15) is 5.11 Å². The molecule has 0 aromatic rings. The molecule has 0 aromatic heterocycles. The van der Waals surface area contributed by atoms with Crippen LogP contribution in [0.5, 0.6) is 0 Å². The van der Waals surface area contributed by atoms with Crippen LogP contribution in [0.15, 0.2) is 11.6 Å². The lowest BCUT2D eigenvalue weighted by molar-refractivity contribution is 0.0480. The first-order valence-corrected chi connectivity index (χ1v) is 4.90. The van der Waals surface area contributed by atoms with E-state index in [0.717, 1.165) is 25.7 Å². The SMILES string of the molecule is CC/C(C)=C/CCC(C)(O)CC. The Morgan fingerprint density at radius 1 is 1.42 bits per heavy atom. The van der Waals surface area contributed by atoms with E-state index in [-0.39, 0.29) is 0 Å². The highest BCUT2D eigenvalue weighted by Crippen LogP contribution is 2.16. The fourth-order valence-corrected chi connectivity index (χ4v) is 0.951. The Morgan fingerprint density at radius 3 is 2.42 bits per heavy atom. The van der Waals surface area contributed by atoms with Crippen LogP contribution in [0.1, 0.15) is 53.4 Å². The molecule has 0 fully saturated rings. The topological polar surface area (TPSA) is 20.2 Å². The first-order chi connectivity index (χ1) is 5.52. The minimum Gasteiger partial charge on any atom is -0.390 e. The second-order valence-corrected chi connectivity index (χ2v) is 3.79. The first-order valence-electron chi connectivity index (χ1n) is 4.90. The van der Waals surface area contributed by atoms with Crippen LogP contribution in [0.4, 0.5) is 0 Å². The Kier molecular flexibility index (Phi) is 5.23. The Balaban J connectivity index is 3.69. The van der Waals surface area contributed by atoms with Gasteiger partial charge in [0.2, 0.25) is 0 Å². The molecule has 72 valence electrons. The number of hydrogen-bond acceptors (Lipinski definition) is 1. The van der Waals surface area contributed by atoms with Crippen LogP contribution in [0.3, 0.4) is 0 Å². The highest BCUT2D eigenvalue weighted by atomic mass is 16.3. The summed E-state index contributed by atoms with van der Waals surface area (Å²) in [6.45, 7) is 8.23. The van der Waals surface area contributed by atoms with Gasteiger partial charge in [0.05, 0.1) is 5.60 Å². The summed E-state index contributed by atoms with van der Waals surface area (Å²) in [5.74, 6) is 0. The predicted octanol–water partition coefficient (Wildman–Crippen LogP) is 3.28. The maximum atomic E-state index is 9.68. The van der Waals surface area contributed by atoms with E-state index in [1.54, 1.807) is 0 Å². The average molecular weight is 170 g/mol. The minimum atomic E-state index is -0.468. The van der Waals surface area contributed by atoms with E-state index < -0.39 is 5.60 Å². The van der Waals surface area contributed by atoms with Crippen LogP contribution in [0.25, 0.3) is 0 Å². The third kappa shape index (κ3) is 5.36. The van der Waals surface area contributed by atoms with Crippen molar-refractivity contribution in [3.05, 3.63) is 11.6 Å². The van der Waals surface area contributed by atoms with Gasteiger partial charge >= 0.3 is 0 Å². The number of hydrogen-bond donors (Lipinski definition) is 1. The van der Waals surface area contributed by atoms with Crippen molar-refractivity contribution in [1.82, 2.24) is 0 Å². The summed E-state index contributed by atoms with van der Waals surface area (Å²) in [6.07, 6.45) is 6.06. The minimum absolute atomic E-state index is 0.468. The van der Waals surface area contributed by atoms with Gasteiger partial charge in [-0.25, -0.2) is 0 Å². The summed E-state index contributed by atoms with van der Waals surface area (Å²) >= 11 is 0. The summed E-state index contributed by atoms with van der Waals surface area (Å²) in [5, 5.41) is 9.68. The van der Waals surface area contributed by atoms with E-state index in [0.29, 0.717) is 0 Å². The zero-order chi connectivity index (χ0) is 9.61. The zero-order valence-corrected chi connectivity index (χ0v) is 8.85. The summed E-state index contributed by atoms with van der Waals surface area (Å²) < 4.78 is 0. The highest BCUT2D eigenvalue weighted by molar-refractivity contribution is 4.97. The fourth-order valence-electron chi connectivity index (χ4n) is 0.951. The van der Waals surface area contributed by atoms with E-state index in [1.807, 2.05) is 13.8 Å². The van der Waals surface area contributed by atoms with Crippen LogP contribution in [-0.2, 0) is 0 Å². The van der Waals surface area contributed by atoms with Crippen LogP contribution in [-0.4, -0.2) is 10.7 Å². The van der Waals surface area contributed by atoms with E-state index in [4.69, 9.17) is 0 Å². The van der Waals surface area contributed by atoms with Gasteiger partial charge in [0.15, 0.2) is 0 Å². The molecule has 0 saturated heterocycles. The summed E-state index contributed by atoms with van der Waals surface area (Å²) in [7, 11) is 0.